The molecule has 1 aliphatic rings. The molecule has 1 saturated heterocycles. The fourth-order valence-electron chi connectivity index (χ4n) is 3.20. The molecule has 2 rings (SSSR count). The molecule has 5 nitrogen and oxygen atoms in total. The highest BCUT2D eigenvalue weighted by atomic mass is 16.3. The molecule has 134 valence electrons. The molecular formula is C19H32N4O. The molecule has 0 aromatic carbocycles. The van der Waals surface area contributed by atoms with Gasteiger partial charge in [0.15, 0.2) is 5.96 Å². The summed E-state index contributed by atoms with van der Waals surface area (Å²) in [4.78, 5) is 9.68. The van der Waals surface area contributed by atoms with Crippen molar-refractivity contribution in [2.45, 2.75) is 39.7 Å². The summed E-state index contributed by atoms with van der Waals surface area (Å²) in [6.45, 7) is 16.3. The van der Waals surface area contributed by atoms with E-state index in [-0.39, 0.29) is 0 Å². The van der Waals surface area contributed by atoms with E-state index >= 15 is 0 Å². The van der Waals surface area contributed by atoms with Gasteiger partial charge in [-0.15, -0.1) is 0 Å². The molecule has 5 heteroatoms. The molecule has 1 unspecified atom stereocenters. The van der Waals surface area contributed by atoms with Gasteiger partial charge >= 0.3 is 0 Å². The van der Waals surface area contributed by atoms with Crippen LogP contribution in [0.2, 0.25) is 0 Å². The number of rotatable bonds is 8. The Labute approximate surface area is 146 Å². The normalized spacial score (nSPS) is 18.4. The highest BCUT2D eigenvalue weighted by Crippen LogP contribution is 2.15. The molecular weight excluding hydrogens is 300 g/mol. The lowest BCUT2D eigenvalue weighted by molar-refractivity contribution is 0.223. The number of hydrogen-bond donors (Lipinski definition) is 1. The number of aliphatic imine (C=N–C) groups is 1. The molecule has 1 N–H and O–H groups in total. The molecule has 1 aromatic rings. The van der Waals surface area contributed by atoms with Gasteiger partial charge in [-0.3, -0.25) is 4.90 Å². The highest BCUT2D eigenvalue weighted by Gasteiger charge is 2.28. The van der Waals surface area contributed by atoms with Crippen LogP contribution in [0.1, 0.15) is 33.0 Å². The minimum atomic E-state index is 0.627. The number of guanidine groups is 1. The van der Waals surface area contributed by atoms with Gasteiger partial charge in [0.2, 0.25) is 0 Å². The smallest absolute Gasteiger partial charge is 0.194 e. The first-order chi connectivity index (χ1) is 11.6. The first-order valence-corrected chi connectivity index (χ1v) is 9.08. The van der Waals surface area contributed by atoms with Crippen molar-refractivity contribution in [3.05, 3.63) is 36.3 Å². The summed E-state index contributed by atoms with van der Waals surface area (Å²) in [7, 11) is 0. The van der Waals surface area contributed by atoms with Gasteiger partial charge in [-0.25, -0.2) is 4.99 Å². The van der Waals surface area contributed by atoms with Gasteiger partial charge < -0.3 is 14.6 Å². The lowest BCUT2D eigenvalue weighted by Gasteiger charge is -2.27. The lowest BCUT2D eigenvalue weighted by Crippen LogP contribution is -2.44. The summed E-state index contributed by atoms with van der Waals surface area (Å²) >= 11 is 0. The Hall–Kier alpha value is -1.75. The van der Waals surface area contributed by atoms with Crippen LogP contribution in [0.15, 0.2) is 40.0 Å². The zero-order valence-electron chi connectivity index (χ0n) is 15.4. The van der Waals surface area contributed by atoms with Crippen molar-refractivity contribution in [2.75, 3.05) is 39.3 Å². The third-order valence-electron chi connectivity index (χ3n) is 4.53. The molecule has 1 aromatic heterocycles. The van der Waals surface area contributed by atoms with Crippen LogP contribution in [0.25, 0.3) is 0 Å². The van der Waals surface area contributed by atoms with E-state index in [4.69, 9.17) is 9.41 Å². The molecule has 2 heterocycles. The molecule has 0 amide bonds. The molecule has 0 bridgehead atoms. The van der Waals surface area contributed by atoms with E-state index in [1.165, 1.54) is 6.42 Å². The summed E-state index contributed by atoms with van der Waals surface area (Å²) in [5, 5.41) is 3.51. The van der Waals surface area contributed by atoms with Gasteiger partial charge in [-0.2, -0.15) is 0 Å². The number of nitrogens with one attached hydrogen (secondary N) is 1. The predicted molar refractivity (Wildman–Crippen MR) is 100 cm³/mol. The summed E-state index contributed by atoms with van der Waals surface area (Å²) in [5.74, 6) is 2.00. The summed E-state index contributed by atoms with van der Waals surface area (Å²) in [6, 6.07) is 4.57. The van der Waals surface area contributed by atoms with Crippen LogP contribution in [-0.2, 0) is 6.42 Å². The van der Waals surface area contributed by atoms with Crippen molar-refractivity contribution < 1.29 is 4.42 Å². The molecule has 0 aliphatic carbocycles. The fraction of sp³-hybridized carbons (Fsp3) is 0.632. The highest BCUT2D eigenvalue weighted by molar-refractivity contribution is 5.80. The van der Waals surface area contributed by atoms with E-state index in [1.54, 1.807) is 6.26 Å². The maximum absolute atomic E-state index is 5.40. The zero-order chi connectivity index (χ0) is 17.4. The molecule has 1 atom stereocenters. The lowest BCUT2D eigenvalue weighted by atomic mass is 10.2. The topological polar surface area (TPSA) is 44.0 Å². The first-order valence-electron chi connectivity index (χ1n) is 9.08. The van der Waals surface area contributed by atoms with E-state index in [0.717, 1.165) is 56.4 Å². The Morgan fingerprint density at radius 2 is 2.25 bits per heavy atom. The molecule has 24 heavy (non-hydrogen) atoms. The maximum atomic E-state index is 5.40. The SMILES string of the molecule is C=C(C)CN=C(NCCc1ccco1)N1CCC(N(CC)CC)C1. The minimum absolute atomic E-state index is 0.627. The average Bonchev–Trinajstić information content (AvgIpc) is 3.23. The Morgan fingerprint density at radius 3 is 2.88 bits per heavy atom. The quantitative estimate of drug-likeness (QED) is 0.452. The van der Waals surface area contributed by atoms with E-state index in [2.05, 4.69) is 35.5 Å². The third kappa shape index (κ3) is 5.41. The van der Waals surface area contributed by atoms with E-state index in [0.29, 0.717) is 12.6 Å². The predicted octanol–water partition coefficient (Wildman–Crippen LogP) is 2.76. The Bertz CT molecular complexity index is 519. The molecule has 1 aliphatic heterocycles. The number of likely N-dealkylation sites (tertiary alicyclic amines) is 1. The largest absolute Gasteiger partial charge is 0.469 e. The number of hydrogen-bond acceptors (Lipinski definition) is 3. The monoisotopic (exact) mass is 332 g/mol. The standard InChI is InChI=1S/C19H32N4O/c1-5-22(6-2)17-10-12-23(15-17)19(21-14-16(3)4)20-11-9-18-8-7-13-24-18/h7-8,13,17H,3,5-6,9-12,14-15H2,1-2,4H3,(H,20,21). The Morgan fingerprint density at radius 1 is 1.46 bits per heavy atom. The Balaban J connectivity index is 1.93. The van der Waals surface area contributed by atoms with Crippen LogP contribution in [0.3, 0.4) is 0 Å². The van der Waals surface area contributed by atoms with Gasteiger partial charge in [0.05, 0.1) is 12.8 Å². The van der Waals surface area contributed by atoms with Crippen LogP contribution in [-0.4, -0.2) is 61.1 Å². The number of nitrogens with zero attached hydrogens (tertiary/aromatic N) is 3. The van der Waals surface area contributed by atoms with Crippen LogP contribution >= 0.6 is 0 Å². The summed E-state index contributed by atoms with van der Waals surface area (Å²) in [6.07, 6.45) is 3.79. The molecule has 0 radical (unpaired) electrons. The fourth-order valence-corrected chi connectivity index (χ4v) is 3.20. The average molecular weight is 332 g/mol. The van der Waals surface area contributed by atoms with Crippen molar-refractivity contribution in [3.8, 4) is 0 Å². The first kappa shape index (κ1) is 18.6. The van der Waals surface area contributed by atoms with Crippen molar-refractivity contribution in [1.29, 1.82) is 0 Å². The maximum Gasteiger partial charge on any atom is 0.194 e. The van der Waals surface area contributed by atoms with Gasteiger partial charge in [0, 0.05) is 32.1 Å². The van der Waals surface area contributed by atoms with Crippen LogP contribution in [0, 0.1) is 0 Å². The van der Waals surface area contributed by atoms with Crippen LogP contribution in [0.5, 0.6) is 0 Å². The van der Waals surface area contributed by atoms with Gasteiger partial charge in [0.1, 0.15) is 5.76 Å². The third-order valence-corrected chi connectivity index (χ3v) is 4.53. The van der Waals surface area contributed by atoms with Crippen LogP contribution in [0.4, 0.5) is 0 Å². The van der Waals surface area contributed by atoms with Gasteiger partial charge in [-0.05, 0) is 38.6 Å². The van der Waals surface area contributed by atoms with Gasteiger partial charge in [-0.1, -0.05) is 26.0 Å². The number of likely N-dealkylation sites (N-methyl/N-ethyl adjacent to an activating group) is 1. The molecule has 0 spiro atoms. The van der Waals surface area contributed by atoms with Crippen molar-refractivity contribution in [2.24, 2.45) is 4.99 Å². The van der Waals surface area contributed by atoms with Gasteiger partial charge in [0.25, 0.3) is 0 Å². The van der Waals surface area contributed by atoms with E-state index in [9.17, 15) is 0 Å². The van der Waals surface area contributed by atoms with Crippen molar-refractivity contribution >= 4 is 5.96 Å². The second-order valence-corrected chi connectivity index (χ2v) is 6.46. The van der Waals surface area contributed by atoms with E-state index in [1.807, 2.05) is 19.1 Å². The van der Waals surface area contributed by atoms with Crippen molar-refractivity contribution in [1.82, 2.24) is 15.1 Å². The van der Waals surface area contributed by atoms with Crippen LogP contribution < -0.4 is 5.32 Å². The zero-order valence-corrected chi connectivity index (χ0v) is 15.4. The molecule has 1 fully saturated rings. The minimum Gasteiger partial charge on any atom is -0.469 e. The molecule has 0 saturated carbocycles. The van der Waals surface area contributed by atoms with E-state index < -0.39 is 0 Å². The second kappa shape index (κ2) is 9.52. The summed E-state index contributed by atoms with van der Waals surface area (Å²) < 4.78 is 5.40. The second-order valence-electron chi connectivity index (χ2n) is 6.46. The van der Waals surface area contributed by atoms with Crippen molar-refractivity contribution in [3.63, 3.8) is 0 Å². The summed E-state index contributed by atoms with van der Waals surface area (Å²) in [5.41, 5.74) is 1.08. The number of furan rings is 1. The Kier molecular flexibility index (Phi) is 7.37.